The highest BCUT2D eigenvalue weighted by molar-refractivity contribution is 5.88. The lowest BCUT2D eigenvalue weighted by Crippen LogP contribution is -2.50. The van der Waals surface area contributed by atoms with E-state index in [1.54, 1.807) is 18.2 Å². The number of nitrogens with one attached hydrogen (secondary N) is 1. The average molecular weight is 262 g/mol. The Morgan fingerprint density at radius 3 is 2.84 bits per heavy atom. The van der Waals surface area contributed by atoms with Crippen molar-refractivity contribution < 1.29 is 14.6 Å². The molecule has 1 aromatic rings. The van der Waals surface area contributed by atoms with Crippen LogP contribution in [0.1, 0.15) is 41.2 Å². The topological polar surface area (TPSA) is 84.6 Å². The second-order valence-electron chi connectivity index (χ2n) is 5.40. The van der Waals surface area contributed by atoms with Crippen molar-refractivity contribution in [2.24, 2.45) is 5.73 Å². The highest BCUT2D eigenvalue weighted by atomic mass is 16.5. The van der Waals surface area contributed by atoms with Gasteiger partial charge in [-0.1, -0.05) is 0 Å². The summed E-state index contributed by atoms with van der Waals surface area (Å²) in [6.45, 7) is 1.88. The van der Waals surface area contributed by atoms with Crippen molar-refractivity contribution >= 4 is 5.97 Å². The first-order valence-electron chi connectivity index (χ1n) is 6.62. The van der Waals surface area contributed by atoms with E-state index in [2.05, 4.69) is 5.32 Å². The summed E-state index contributed by atoms with van der Waals surface area (Å²) in [4.78, 5) is 11.0. The Balaban J connectivity index is 1.94. The maximum absolute atomic E-state index is 11.0. The Bertz CT molecular complexity index is 509. The summed E-state index contributed by atoms with van der Waals surface area (Å²) >= 11 is 0. The van der Waals surface area contributed by atoms with Gasteiger partial charge < -0.3 is 20.9 Å². The van der Waals surface area contributed by atoms with Gasteiger partial charge in [-0.05, 0) is 44.1 Å². The molecular formula is C14H18N2O3. The third kappa shape index (κ3) is 2.19. The largest absolute Gasteiger partial charge is 0.487 e. The minimum absolute atomic E-state index is 0.152. The standard InChI is InChI=1S/C14H18N2O3/c15-11-8-14(3-5-16-6-4-14)19-12-2-1-9(13(17)18)7-10(11)12/h1-2,7,11,16H,3-6,8,15H2,(H,17,18). The van der Waals surface area contributed by atoms with Gasteiger partial charge in [0.15, 0.2) is 0 Å². The number of ether oxygens (including phenoxy) is 1. The SMILES string of the molecule is NC1CC2(CCNCC2)Oc2ccc(C(=O)O)cc21. The van der Waals surface area contributed by atoms with Crippen LogP contribution in [0.4, 0.5) is 0 Å². The molecule has 2 heterocycles. The molecule has 5 heteroatoms. The molecule has 1 saturated heterocycles. The molecule has 1 aromatic carbocycles. The van der Waals surface area contributed by atoms with Gasteiger partial charge in [0.05, 0.1) is 5.56 Å². The predicted octanol–water partition coefficient (Wildman–Crippen LogP) is 1.29. The van der Waals surface area contributed by atoms with Crippen molar-refractivity contribution in [1.82, 2.24) is 5.32 Å². The zero-order valence-corrected chi connectivity index (χ0v) is 10.7. The second kappa shape index (κ2) is 4.51. The number of benzene rings is 1. The Morgan fingerprint density at radius 2 is 2.16 bits per heavy atom. The summed E-state index contributed by atoms with van der Waals surface area (Å²) in [5.41, 5.74) is 7.12. The lowest BCUT2D eigenvalue weighted by atomic mass is 9.81. The van der Waals surface area contributed by atoms with Crippen molar-refractivity contribution in [2.45, 2.75) is 30.9 Å². The number of hydrogen-bond donors (Lipinski definition) is 3. The molecule has 0 aliphatic carbocycles. The van der Waals surface area contributed by atoms with Crippen LogP contribution in [0.3, 0.4) is 0 Å². The van der Waals surface area contributed by atoms with Gasteiger partial charge in [-0.25, -0.2) is 4.79 Å². The number of fused-ring (bicyclic) bond motifs is 1. The number of piperidine rings is 1. The summed E-state index contributed by atoms with van der Waals surface area (Å²) < 4.78 is 6.15. The fraction of sp³-hybridized carbons (Fsp3) is 0.500. The molecule has 1 unspecified atom stereocenters. The van der Waals surface area contributed by atoms with Crippen molar-refractivity contribution in [3.05, 3.63) is 29.3 Å². The summed E-state index contributed by atoms with van der Waals surface area (Å²) in [6, 6.07) is 4.80. The van der Waals surface area contributed by atoms with Gasteiger partial charge in [-0.2, -0.15) is 0 Å². The van der Waals surface area contributed by atoms with Gasteiger partial charge in [0, 0.05) is 18.0 Å². The summed E-state index contributed by atoms with van der Waals surface area (Å²) in [5.74, 6) is -0.192. The Labute approximate surface area is 111 Å². The van der Waals surface area contributed by atoms with E-state index >= 15 is 0 Å². The van der Waals surface area contributed by atoms with E-state index in [-0.39, 0.29) is 17.2 Å². The third-order valence-corrected chi connectivity index (χ3v) is 4.09. The molecule has 2 aliphatic rings. The predicted molar refractivity (Wildman–Crippen MR) is 70.4 cm³/mol. The van der Waals surface area contributed by atoms with E-state index < -0.39 is 5.97 Å². The molecule has 4 N–H and O–H groups in total. The molecule has 0 aromatic heterocycles. The fourth-order valence-electron chi connectivity index (χ4n) is 3.04. The zero-order chi connectivity index (χ0) is 13.5. The van der Waals surface area contributed by atoms with Crippen LogP contribution in [0.2, 0.25) is 0 Å². The summed E-state index contributed by atoms with van der Waals surface area (Å²) in [5, 5.41) is 12.3. The molecule has 19 heavy (non-hydrogen) atoms. The van der Waals surface area contributed by atoms with Crippen molar-refractivity contribution in [2.75, 3.05) is 13.1 Å². The summed E-state index contributed by atoms with van der Waals surface area (Å²) in [7, 11) is 0. The number of carboxylic acid groups (broad SMARTS) is 1. The van der Waals surface area contributed by atoms with Crippen molar-refractivity contribution in [3.63, 3.8) is 0 Å². The van der Waals surface area contributed by atoms with E-state index in [1.165, 1.54) is 0 Å². The third-order valence-electron chi connectivity index (χ3n) is 4.09. The van der Waals surface area contributed by atoms with Gasteiger partial charge in [-0.3, -0.25) is 0 Å². The smallest absolute Gasteiger partial charge is 0.335 e. The lowest BCUT2D eigenvalue weighted by molar-refractivity contribution is 0.00789. The molecule has 2 aliphatic heterocycles. The molecule has 1 fully saturated rings. The van der Waals surface area contributed by atoms with Crippen LogP contribution >= 0.6 is 0 Å². The lowest BCUT2D eigenvalue weighted by Gasteiger charge is -2.43. The van der Waals surface area contributed by atoms with Crippen molar-refractivity contribution in [3.8, 4) is 5.75 Å². The van der Waals surface area contributed by atoms with E-state index in [9.17, 15) is 4.79 Å². The first-order chi connectivity index (χ1) is 9.10. The molecule has 0 saturated carbocycles. The zero-order valence-electron chi connectivity index (χ0n) is 10.7. The molecule has 102 valence electrons. The molecule has 0 radical (unpaired) electrons. The quantitative estimate of drug-likeness (QED) is 0.710. The normalized spacial score (nSPS) is 24.6. The Morgan fingerprint density at radius 1 is 1.42 bits per heavy atom. The average Bonchev–Trinajstić information content (AvgIpc) is 2.39. The first-order valence-corrected chi connectivity index (χ1v) is 6.62. The fourth-order valence-corrected chi connectivity index (χ4v) is 3.04. The molecule has 5 nitrogen and oxygen atoms in total. The van der Waals surface area contributed by atoms with Crippen molar-refractivity contribution in [1.29, 1.82) is 0 Å². The summed E-state index contributed by atoms with van der Waals surface area (Å²) in [6.07, 6.45) is 2.65. The highest BCUT2D eigenvalue weighted by Crippen LogP contribution is 2.42. The first kappa shape index (κ1) is 12.4. The minimum Gasteiger partial charge on any atom is -0.487 e. The molecule has 1 atom stereocenters. The molecule has 0 amide bonds. The number of carboxylic acids is 1. The molecule has 0 bridgehead atoms. The maximum atomic E-state index is 11.0. The van der Waals surface area contributed by atoms with Crippen LogP contribution in [-0.2, 0) is 0 Å². The number of carbonyl (C=O) groups is 1. The van der Waals surface area contributed by atoms with E-state index in [0.717, 1.165) is 43.7 Å². The van der Waals surface area contributed by atoms with Crippen LogP contribution in [0.15, 0.2) is 18.2 Å². The van der Waals surface area contributed by atoms with Gasteiger partial charge in [0.1, 0.15) is 11.4 Å². The van der Waals surface area contributed by atoms with E-state index in [1.807, 2.05) is 0 Å². The number of nitrogens with two attached hydrogens (primary N) is 1. The van der Waals surface area contributed by atoms with Crippen LogP contribution in [0.25, 0.3) is 0 Å². The van der Waals surface area contributed by atoms with Crippen LogP contribution < -0.4 is 15.8 Å². The van der Waals surface area contributed by atoms with E-state index in [4.69, 9.17) is 15.6 Å². The van der Waals surface area contributed by atoms with Crippen LogP contribution in [0.5, 0.6) is 5.75 Å². The van der Waals surface area contributed by atoms with Crippen LogP contribution in [-0.4, -0.2) is 29.8 Å². The Kier molecular flexibility index (Phi) is 2.95. The van der Waals surface area contributed by atoms with Gasteiger partial charge >= 0.3 is 5.97 Å². The second-order valence-corrected chi connectivity index (χ2v) is 5.40. The van der Waals surface area contributed by atoms with Crippen LogP contribution in [0, 0.1) is 0 Å². The number of hydrogen-bond acceptors (Lipinski definition) is 4. The van der Waals surface area contributed by atoms with E-state index in [0.29, 0.717) is 0 Å². The van der Waals surface area contributed by atoms with Gasteiger partial charge in [0.25, 0.3) is 0 Å². The molecular weight excluding hydrogens is 244 g/mol. The number of aromatic carboxylic acids is 1. The highest BCUT2D eigenvalue weighted by Gasteiger charge is 2.40. The molecule has 1 spiro atoms. The maximum Gasteiger partial charge on any atom is 0.335 e. The van der Waals surface area contributed by atoms with Gasteiger partial charge in [0.2, 0.25) is 0 Å². The van der Waals surface area contributed by atoms with Gasteiger partial charge in [-0.15, -0.1) is 0 Å². The monoisotopic (exact) mass is 262 g/mol. The minimum atomic E-state index is -0.933. The number of rotatable bonds is 1. The Hall–Kier alpha value is -1.59. The molecule has 3 rings (SSSR count).